The predicted molar refractivity (Wildman–Crippen MR) is 88.9 cm³/mol. The van der Waals surface area contributed by atoms with Gasteiger partial charge in [-0.25, -0.2) is 4.39 Å². The van der Waals surface area contributed by atoms with E-state index in [1.54, 1.807) is 18.2 Å². The zero-order valence-corrected chi connectivity index (χ0v) is 12.7. The number of para-hydroxylation sites is 1. The van der Waals surface area contributed by atoms with E-state index >= 15 is 0 Å². The van der Waals surface area contributed by atoms with Crippen LogP contribution in [0.1, 0.15) is 27.6 Å². The Balaban J connectivity index is 1.98. The minimum absolute atomic E-state index is 0.0534. The molecule has 1 heterocycles. The second-order valence-electron chi connectivity index (χ2n) is 5.28. The Labute approximate surface area is 136 Å². The Bertz CT molecular complexity index is 1020. The van der Waals surface area contributed by atoms with Gasteiger partial charge in [-0.1, -0.05) is 18.2 Å². The van der Waals surface area contributed by atoms with Gasteiger partial charge in [0.25, 0.3) is 5.91 Å². The lowest BCUT2D eigenvalue weighted by molar-refractivity contribution is 0.101. The number of H-pyrrole nitrogens is 1. The van der Waals surface area contributed by atoms with E-state index in [4.69, 9.17) is 0 Å². The zero-order valence-electron chi connectivity index (χ0n) is 12.7. The molecule has 0 aliphatic rings. The summed E-state index contributed by atoms with van der Waals surface area (Å²) in [5.41, 5.74) is 0.191. The third-order valence-corrected chi connectivity index (χ3v) is 3.64. The number of aromatic nitrogens is 1. The van der Waals surface area contributed by atoms with E-state index in [0.29, 0.717) is 11.3 Å². The molecule has 6 heteroatoms. The maximum atomic E-state index is 13.7. The lowest BCUT2D eigenvalue weighted by Gasteiger charge is -2.07. The molecule has 1 aromatic heterocycles. The molecule has 1 amide bonds. The van der Waals surface area contributed by atoms with Crippen molar-refractivity contribution in [2.24, 2.45) is 0 Å². The average molecular weight is 324 g/mol. The number of carbonyl (C=O) groups is 2. The molecule has 0 atom stereocenters. The Kier molecular flexibility index (Phi) is 3.95. The SMILES string of the molecule is CC(=O)c1cccc(NC(=O)c2c[nH]c3c(F)cccc3c2=O)c1. The van der Waals surface area contributed by atoms with Gasteiger partial charge < -0.3 is 10.3 Å². The number of amides is 1. The summed E-state index contributed by atoms with van der Waals surface area (Å²) >= 11 is 0. The Morgan fingerprint density at radius 2 is 1.88 bits per heavy atom. The maximum absolute atomic E-state index is 13.7. The molecule has 0 fully saturated rings. The summed E-state index contributed by atoms with van der Waals surface area (Å²) in [4.78, 5) is 38.7. The highest BCUT2D eigenvalue weighted by Gasteiger charge is 2.15. The number of carbonyl (C=O) groups excluding carboxylic acids is 2. The van der Waals surface area contributed by atoms with Crippen molar-refractivity contribution >= 4 is 28.3 Å². The second-order valence-corrected chi connectivity index (χ2v) is 5.28. The van der Waals surface area contributed by atoms with Crippen molar-refractivity contribution in [2.75, 3.05) is 5.32 Å². The van der Waals surface area contributed by atoms with Crippen LogP contribution in [0.3, 0.4) is 0 Å². The number of fused-ring (bicyclic) bond motifs is 1. The fourth-order valence-corrected chi connectivity index (χ4v) is 2.40. The van der Waals surface area contributed by atoms with Gasteiger partial charge in [0.2, 0.25) is 5.43 Å². The van der Waals surface area contributed by atoms with Crippen LogP contribution < -0.4 is 10.7 Å². The van der Waals surface area contributed by atoms with Crippen molar-refractivity contribution in [3.05, 3.63) is 75.8 Å². The van der Waals surface area contributed by atoms with E-state index in [-0.39, 0.29) is 22.2 Å². The van der Waals surface area contributed by atoms with Crippen LogP contribution in [-0.4, -0.2) is 16.7 Å². The van der Waals surface area contributed by atoms with Crippen LogP contribution >= 0.6 is 0 Å². The second kappa shape index (κ2) is 6.08. The minimum atomic E-state index is -0.636. The van der Waals surface area contributed by atoms with E-state index < -0.39 is 17.2 Å². The molecule has 5 nitrogen and oxygen atoms in total. The topological polar surface area (TPSA) is 79.0 Å². The first-order valence-electron chi connectivity index (χ1n) is 7.19. The molecular formula is C18H13FN2O3. The minimum Gasteiger partial charge on any atom is -0.358 e. The summed E-state index contributed by atoms with van der Waals surface area (Å²) in [6.07, 6.45) is 1.18. The van der Waals surface area contributed by atoms with Crippen molar-refractivity contribution in [1.29, 1.82) is 0 Å². The zero-order chi connectivity index (χ0) is 17.3. The molecule has 0 unspecified atom stereocenters. The maximum Gasteiger partial charge on any atom is 0.261 e. The van der Waals surface area contributed by atoms with Crippen LogP contribution in [-0.2, 0) is 0 Å². The molecule has 0 saturated heterocycles. The molecule has 0 aliphatic carbocycles. The number of halogens is 1. The van der Waals surface area contributed by atoms with Crippen LogP contribution in [0.5, 0.6) is 0 Å². The monoisotopic (exact) mass is 324 g/mol. The quantitative estimate of drug-likeness (QED) is 0.727. The Morgan fingerprint density at radius 1 is 1.12 bits per heavy atom. The molecule has 2 N–H and O–H groups in total. The van der Waals surface area contributed by atoms with Gasteiger partial charge in [0, 0.05) is 22.8 Å². The summed E-state index contributed by atoms with van der Waals surface area (Å²) in [7, 11) is 0. The molecule has 0 radical (unpaired) electrons. The highest BCUT2D eigenvalue weighted by atomic mass is 19.1. The summed E-state index contributed by atoms with van der Waals surface area (Å²) < 4.78 is 13.7. The number of Topliss-reactive ketones (excluding diaryl/α,β-unsaturated/α-hetero) is 1. The fourth-order valence-electron chi connectivity index (χ4n) is 2.40. The molecule has 0 spiro atoms. The van der Waals surface area contributed by atoms with Gasteiger partial charge in [0.1, 0.15) is 11.4 Å². The first-order valence-corrected chi connectivity index (χ1v) is 7.19. The Hall–Kier alpha value is -3.28. The van der Waals surface area contributed by atoms with Gasteiger partial charge in [-0.05, 0) is 31.2 Å². The van der Waals surface area contributed by atoms with Gasteiger partial charge >= 0.3 is 0 Å². The van der Waals surface area contributed by atoms with Crippen LogP contribution in [0, 0.1) is 5.82 Å². The summed E-state index contributed by atoms with van der Waals surface area (Å²) in [5, 5.41) is 2.67. The molecule has 3 aromatic rings. The number of benzene rings is 2. The van der Waals surface area contributed by atoms with E-state index in [9.17, 15) is 18.8 Å². The van der Waals surface area contributed by atoms with Crippen molar-refractivity contribution in [1.82, 2.24) is 4.98 Å². The predicted octanol–water partition coefficient (Wildman–Crippen LogP) is 3.12. The third kappa shape index (κ3) is 2.81. The van der Waals surface area contributed by atoms with Gasteiger partial charge in [0.05, 0.1) is 5.52 Å². The number of hydrogen-bond donors (Lipinski definition) is 2. The van der Waals surface area contributed by atoms with Gasteiger partial charge in [-0.15, -0.1) is 0 Å². The van der Waals surface area contributed by atoms with Gasteiger partial charge in [0.15, 0.2) is 5.78 Å². The van der Waals surface area contributed by atoms with Crippen molar-refractivity contribution in [2.45, 2.75) is 6.92 Å². The summed E-state index contributed by atoms with van der Waals surface area (Å²) in [5.74, 6) is -1.33. The van der Waals surface area contributed by atoms with E-state index in [1.165, 1.54) is 37.4 Å². The Morgan fingerprint density at radius 3 is 2.62 bits per heavy atom. The smallest absolute Gasteiger partial charge is 0.261 e. The number of pyridine rings is 1. The van der Waals surface area contributed by atoms with Crippen molar-refractivity contribution in [3.8, 4) is 0 Å². The first-order chi connectivity index (χ1) is 11.5. The van der Waals surface area contributed by atoms with Crippen LogP contribution in [0.4, 0.5) is 10.1 Å². The summed E-state index contributed by atoms with van der Waals surface area (Å²) in [6, 6.07) is 10.5. The molecule has 3 rings (SSSR count). The number of ketones is 1. The van der Waals surface area contributed by atoms with Crippen LogP contribution in [0.25, 0.3) is 10.9 Å². The van der Waals surface area contributed by atoms with Gasteiger partial charge in [-0.3, -0.25) is 14.4 Å². The highest BCUT2D eigenvalue weighted by Crippen LogP contribution is 2.14. The molecule has 0 bridgehead atoms. The molecular weight excluding hydrogens is 311 g/mol. The van der Waals surface area contributed by atoms with Crippen molar-refractivity contribution in [3.63, 3.8) is 0 Å². The number of aromatic amines is 1. The molecule has 0 aliphatic heterocycles. The standard InChI is InChI=1S/C18H13FN2O3/c1-10(22)11-4-2-5-12(8-11)21-18(24)14-9-20-16-13(17(14)23)6-3-7-15(16)19/h2-9H,1H3,(H,20,23)(H,21,24). The normalized spacial score (nSPS) is 10.6. The molecule has 120 valence electrons. The number of rotatable bonds is 3. The van der Waals surface area contributed by atoms with Crippen LogP contribution in [0.2, 0.25) is 0 Å². The van der Waals surface area contributed by atoms with Gasteiger partial charge in [-0.2, -0.15) is 0 Å². The number of nitrogens with one attached hydrogen (secondary N) is 2. The molecule has 0 saturated carbocycles. The average Bonchev–Trinajstić information content (AvgIpc) is 2.56. The third-order valence-electron chi connectivity index (χ3n) is 3.64. The highest BCUT2D eigenvalue weighted by molar-refractivity contribution is 6.06. The lowest BCUT2D eigenvalue weighted by atomic mass is 10.1. The lowest BCUT2D eigenvalue weighted by Crippen LogP contribution is -2.22. The largest absolute Gasteiger partial charge is 0.358 e. The molecule has 24 heavy (non-hydrogen) atoms. The first kappa shape index (κ1) is 15.6. The van der Waals surface area contributed by atoms with E-state index in [2.05, 4.69) is 10.3 Å². The van der Waals surface area contributed by atoms with Crippen molar-refractivity contribution < 1.29 is 14.0 Å². The molecule has 2 aromatic carbocycles. The van der Waals surface area contributed by atoms with E-state index in [1.807, 2.05) is 0 Å². The number of hydrogen-bond acceptors (Lipinski definition) is 3. The fraction of sp³-hybridized carbons (Fsp3) is 0.0556. The van der Waals surface area contributed by atoms with Crippen LogP contribution in [0.15, 0.2) is 53.5 Å². The van der Waals surface area contributed by atoms with E-state index in [0.717, 1.165) is 0 Å². The summed E-state index contributed by atoms with van der Waals surface area (Å²) in [6.45, 7) is 1.42. The number of anilines is 1.